The van der Waals surface area contributed by atoms with Crippen LogP contribution in [0.1, 0.15) is 0 Å². The van der Waals surface area contributed by atoms with Gasteiger partial charge >= 0.3 is 37.7 Å². The van der Waals surface area contributed by atoms with Crippen LogP contribution in [0.25, 0.3) is 0 Å². The van der Waals surface area contributed by atoms with Crippen molar-refractivity contribution in [3.63, 3.8) is 0 Å². The Kier molecular flexibility index (Phi) is 19.9. The van der Waals surface area contributed by atoms with Crippen LogP contribution < -0.4 is 0 Å². The van der Waals surface area contributed by atoms with Crippen molar-refractivity contribution >= 4 is 55.2 Å². The van der Waals surface area contributed by atoms with E-state index in [2.05, 4.69) is 12.2 Å². The molecule has 1 nitrogen and oxygen atoms in total. The molecule has 4 heavy (non-hydrogen) atoms. The molecule has 0 aromatic carbocycles. The first-order valence-electron chi connectivity index (χ1n) is 0.408. The summed E-state index contributed by atoms with van der Waals surface area (Å²) in [5.41, 5.74) is 0. The van der Waals surface area contributed by atoms with E-state index < -0.39 is 0 Å². The third-order valence-electron chi connectivity index (χ3n) is 0. The van der Waals surface area contributed by atoms with E-state index in [1.54, 1.807) is 0 Å². The van der Waals surface area contributed by atoms with Gasteiger partial charge in [0.15, 0.2) is 0 Å². The molecule has 0 saturated heterocycles. The first-order chi connectivity index (χ1) is 1.41. The van der Waals surface area contributed by atoms with Crippen LogP contribution in [0.4, 0.5) is 0 Å². The van der Waals surface area contributed by atoms with Crippen molar-refractivity contribution in [1.82, 2.24) is 0 Å². The van der Waals surface area contributed by atoms with Gasteiger partial charge in [0.05, 0.1) is 0 Å². The molecular formula is CH2CaOS. The van der Waals surface area contributed by atoms with Gasteiger partial charge in [-0.1, -0.05) is 0 Å². The first kappa shape index (κ1) is 8.91. The molecule has 0 rings (SSSR count). The van der Waals surface area contributed by atoms with Gasteiger partial charge in [0, 0.05) is 12.2 Å². The van der Waals surface area contributed by atoms with E-state index in [1.165, 1.54) is 0 Å². The van der Waals surface area contributed by atoms with E-state index in [1.807, 2.05) is 0 Å². The fourth-order valence-electron chi connectivity index (χ4n) is 0. The second-order valence-electron chi connectivity index (χ2n) is 0.0833. The molecule has 3 heteroatoms. The molecule has 0 spiro atoms. The molecule has 0 bridgehead atoms. The molecule has 0 amide bonds. The minimum atomic E-state index is 0. The zero-order valence-corrected chi connectivity index (χ0v) is 2.13. The quantitative estimate of drug-likeness (QED) is 0.298. The number of hydrogen-bond donors (Lipinski definition) is 0. The summed E-state index contributed by atoms with van der Waals surface area (Å²) in [6.07, 6.45) is 0. The first-order valence-corrected chi connectivity index (χ1v) is 0.816. The van der Waals surface area contributed by atoms with Crippen LogP contribution in [0.2, 0.25) is 0 Å². The third-order valence-corrected chi connectivity index (χ3v) is 0. The van der Waals surface area contributed by atoms with Gasteiger partial charge in [-0.2, -0.15) is 0 Å². The molecule has 20 valence electrons. The molecule has 0 saturated carbocycles. The molecule has 0 radical (unpaired) electrons. The Morgan fingerprint density at radius 3 is 1.75 bits per heavy atom. The van der Waals surface area contributed by atoms with Gasteiger partial charge in [0.25, 0.3) is 0 Å². The van der Waals surface area contributed by atoms with Crippen LogP contribution >= 0.6 is 12.2 Å². The summed E-state index contributed by atoms with van der Waals surface area (Å²) in [6.45, 7) is 0. The summed E-state index contributed by atoms with van der Waals surface area (Å²) < 4.78 is 0. The Morgan fingerprint density at radius 2 is 1.75 bits per heavy atom. The fraction of sp³-hybridized carbons (Fsp3) is 0. The van der Waals surface area contributed by atoms with Crippen LogP contribution in [0.3, 0.4) is 0 Å². The predicted octanol–water partition coefficient (Wildman–Crippen LogP) is -0.665. The van der Waals surface area contributed by atoms with Gasteiger partial charge in [0.1, 0.15) is 0 Å². The van der Waals surface area contributed by atoms with Crippen molar-refractivity contribution in [1.29, 1.82) is 0 Å². The maximum atomic E-state index is 8.50. The van der Waals surface area contributed by atoms with E-state index >= 15 is 0 Å². The van der Waals surface area contributed by atoms with Crippen molar-refractivity contribution in [2.45, 2.75) is 0 Å². The third kappa shape index (κ3) is 11.6. The Labute approximate surface area is 59.4 Å². The summed E-state index contributed by atoms with van der Waals surface area (Å²) in [5, 5.41) is 1.08. The van der Waals surface area contributed by atoms with Gasteiger partial charge in [0.2, 0.25) is 5.23 Å². The molecule has 0 aliphatic rings. The molecular weight excluding hydrogens is 100 g/mol. The van der Waals surface area contributed by atoms with Gasteiger partial charge in [-0.05, 0) is 0 Å². The number of thiocarbonyl (C=S) groups is 1. The fourth-order valence-corrected chi connectivity index (χ4v) is 0. The Bertz CT molecular complexity index is 29.0. The zero-order valence-electron chi connectivity index (χ0n) is 1.32. The summed E-state index contributed by atoms with van der Waals surface area (Å²) in [7, 11) is 0. The van der Waals surface area contributed by atoms with Gasteiger partial charge < -0.3 is 0 Å². The maximum absolute atomic E-state index is 8.50. The van der Waals surface area contributed by atoms with Crippen molar-refractivity contribution < 1.29 is 4.79 Å². The molecule has 0 unspecified atom stereocenters. The van der Waals surface area contributed by atoms with Crippen molar-refractivity contribution in [2.24, 2.45) is 0 Å². The van der Waals surface area contributed by atoms with Gasteiger partial charge in [-0.15, -0.1) is 0 Å². The standard InChI is InChI=1S/COS.Ca.2H/c2-1-3;;;. The van der Waals surface area contributed by atoms with Crippen molar-refractivity contribution in [3.05, 3.63) is 0 Å². The summed E-state index contributed by atoms with van der Waals surface area (Å²) in [6, 6.07) is 0. The summed E-state index contributed by atoms with van der Waals surface area (Å²) in [5.74, 6) is 0. The van der Waals surface area contributed by atoms with E-state index in [4.69, 9.17) is 4.79 Å². The molecule has 0 aromatic rings. The normalized spacial score (nSPS) is 2.00. The van der Waals surface area contributed by atoms with E-state index in [-0.39, 0.29) is 37.7 Å². The predicted molar refractivity (Wildman–Crippen MR) is 21.8 cm³/mol. The second kappa shape index (κ2) is 8.96. The Hall–Kier alpha value is 1.06. The average Bonchev–Trinajstić information content (AvgIpc) is 0.918. The number of rotatable bonds is 0. The molecule has 0 atom stereocenters. The molecule has 0 aromatic heterocycles. The average molecular weight is 102 g/mol. The molecule has 0 heterocycles. The summed E-state index contributed by atoms with van der Waals surface area (Å²) in [4.78, 5) is 8.50. The molecule has 0 aliphatic heterocycles. The molecule has 0 N–H and O–H groups in total. The SMILES string of the molecule is O=C=S.[CaH2]. The molecule has 0 fully saturated rings. The monoisotopic (exact) mass is 102 g/mol. The van der Waals surface area contributed by atoms with Crippen molar-refractivity contribution in [3.8, 4) is 0 Å². The Morgan fingerprint density at radius 1 is 1.75 bits per heavy atom. The Balaban J connectivity index is 0. The van der Waals surface area contributed by atoms with Crippen LogP contribution in [0.15, 0.2) is 0 Å². The topological polar surface area (TPSA) is 17.1 Å². The van der Waals surface area contributed by atoms with Crippen LogP contribution in [0.5, 0.6) is 0 Å². The van der Waals surface area contributed by atoms with E-state index in [9.17, 15) is 0 Å². The van der Waals surface area contributed by atoms with Gasteiger partial charge in [-0.3, -0.25) is 0 Å². The number of carbonyl (C=O) groups excluding carboxylic acids is 1. The van der Waals surface area contributed by atoms with Crippen LogP contribution in [-0.4, -0.2) is 43.0 Å². The summed E-state index contributed by atoms with van der Waals surface area (Å²) >= 11 is 3.59. The van der Waals surface area contributed by atoms with E-state index in [0.717, 1.165) is 5.23 Å². The van der Waals surface area contributed by atoms with Crippen LogP contribution in [0, 0.1) is 0 Å². The second-order valence-corrected chi connectivity index (χ2v) is 0.250. The van der Waals surface area contributed by atoms with Crippen molar-refractivity contribution in [2.75, 3.05) is 0 Å². The minimum absolute atomic E-state index is 0. The van der Waals surface area contributed by atoms with E-state index in [0.29, 0.717) is 0 Å². The van der Waals surface area contributed by atoms with Gasteiger partial charge in [-0.25, -0.2) is 4.79 Å². The molecule has 0 aliphatic carbocycles. The number of hydrogen-bond acceptors (Lipinski definition) is 2. The van der Waals surface area contributed by atoms with Crippen LogP contribution in [-0.2, 0) is 4.79 Å². The zero-order chi connectivity index (χ0) is 2.71.